The van der Waals surface area contributed by atoms with E-state index >= 15 is 0 Å². The molecule has 0 aromatic heterocycles. The van der Waals surface area contributed by atoms with Crippen molar-refractivity contribution in [2.24, 2.45) is 0 Å². The van der Waals surface area contributed by atoms with Gasteiger partial charge in [0.25, 0.3) is 0 Å². The van der Waals surface area contributed by atoms with Gasteiger partial charge in [0.1, 0.15) is 5.75 Å². The van der Waals surface area contributed by atoms with E-state index in [-0.39, 0.29) is 0 Å². The van der Waals surface area contributed by atoms with Gasteiger partial charge in [0, 0.05) is 5.56 Å². The zero-order chi connectivity index (χ0) is 10.7. The van der Waals surface area contributed by atoms with Gasteiger partial charge in [-0.1, -0.05) is 0 Å². The van der Waals surface area contributed by atoms with E-state index in [0.717, 1.165) is 5.56 Å². The SMILES string of the molecule is COc1cc(C)cc(C(=O)C(C)F)c1. The van der Waals surface area contributed by atoms with Gasteiger partial charge in [-0.05, 0) is 37.6 Å². The van der Waals surface area contributed by atoms with Crippen LogP contribution in [0.5, 0.6) is 5.75 Å². The number of carbonyl (C=O) groups is 1. The summed E-state index contributed by atoms with van der Waals surface area (Å²) in [5.41, 5.74) is 1.24. The summed E-state index contributed by atoms with van der Waals surface area (Å²) in [6.45, 7) is 3.07. The van der Waals surface area contributed by atoms with Crippen molar-refractivity contribution in [3.05, 3.63) is 29.3 Å². The first-order chi connectivity index (χ1) is 6.54. The van der Waals surface area contributed by atoms with Crippen LogP contribution in [0, 0.1) is 6.92 Å². The number of methoxy groups -OCH3 is 1. The van der Waals surface area contributed by atoms with Crippen molar-refractivity contribution in [2.45, 2.75) is 20.0 Å². The molecule has 1 atom stereocenters. The van der Waals surface area contributed by atoms with Crippen LogP contribution in [0.4, 0.5) is 4.39 Å². The lowest BCUT2D eigenvalue weighted by atomic mass is 10.0. The van der Waals surface area contributed by atoms with E-state index in [1.807, 2.05) is 6.92 Å². The fraction of sp³-hybridized carbons (Fsp3) is 0.364. The highest BCUT2D eigenvalue weighted by atomic mass is 19.1. The van der Waals surface area contributed by atoms with Crippen LogP contribution in [0.3, 0.4) is 0 Å². The molecule has 1 aromatic rings. The highest BCUT2D eigenvalue weighted by molar-refractivity contribution is 5.99. The summed E-state index contributed by atoms with van der Waals surface area (Å²) in [5.74, 6) is 0.0704. The summed E-state index contributed by atoms with van der Waals surface area (Å²) < 4.78 is 17.7. The molecule has 1 rings (SSSR count). The number of alkyl halides is 1. The Hall–Kier alpha value is -1.38. The number of ether oxygens (including phenoxy) is 1. The van der Waals surface area contributed by atoms with Gasteiger partial charge in [0.2, 0.25) is 0 Å². The van der Waals surface area contributed by atoms with E-state index in [4.69, 9.17) is 4.74 Å². The molecule has 0 spiro atoms. The largest absolute Gasteiger partial charge is 0.497 e. The monoisotopic (exact) mass is 196 g/mol. The topological polar surface area (TPSA) is 26.3 Å². The molecule has 0 aliphatic heterocycles. The number of ketones is 1. The quantitative estimate of drug-likeness (QED) is 0.694. The summed E-state index contributed by atoms with van der Waals surface area (Å²) in [7, 11) is 1.52. The van der Waals surface area contributed by atoms with Crippen LogP contribution >= 0.6 is 0 Å². The molecule has 0 saturated heterocycles. The molecule has 0 heterocycles. The fourth-order valence-corrected chi connectivity index (χ4v) is 1.24. The third-order valence-electron chi connectivity index (χ3n) is 1.93. The summed E-state index contributed by atoms with van der Waals surface area (Å²) in [6.07, 6.45) is -1.47. The maximum Gasteiger partial charge on any atom is 0.196 e. The molecule has 3 heteroatoms. The van der Waals surface area contributed by atoms with Crippen molar-refractivity contribution in [3.63, 3.8) is 0 Å². The Morgan fingerprint density at radius 3 is 2.57 bits per heavy atom. The van der Waals surface area contributed by atoms with Crippen molar-refractivity contribution < 1.29 is 13.9 Å². The standard InChI is InChI=1S/C11H13FO2/c1-7-4-9(11(13)8(2)12)6-10(5-7)14-3/h4-6,8H,1-3H3. The van der Waals surface area contributed by atoms with E-state index in [0.29, 0.717) is 11.3 Å². The lowest BCUT2D eigenvalue weighted by Crippen LogP contribution is -2.11. The number of hydrogen-bond donors (Lipinski definition) is 0. The van der Waals surface area contributed by atoms with Gasteiger partial charge in [0.05, 0.1) is 7.11 Å². The van der Waals surface area contributed by atoms with Crippen LogP contribution in [0.25, 0.3) is 0 Å². The number of hydrogen-bond acceptors (Lipinski definition) is 2. The van der Waals surface area contributed by atoms with Crippen LogP contribution in [-0.4, -0.2) is 19.1 Å². The first-order valence-corrected chi connectivity index (χ1v) is 4.38. The molecule has 0 radical (unpaired) electrons. The highest BCUT2D eigenvalue weighted by Gasteiger charge is 2.14. The molecule has 0 fully saturated rings. The molecule has 0 saturated carbocycles. The first kappa shape index (κ1) is 10.7. The fourth-order valence-electron chi connectivity index (χ4n) is 1.24. The number of benzene rings is 1. The minimum Gasteiger partial charge on any atom is -0.497 e. The molecular weight excluding hydrogens is 183 g/mol. The Morgan fingerprint density at radius 1 is 1.43 bits per heavy atom. The number of rotatable bonds is 3. The molecule has 0 N–H and O–H groups in total. The predicted octanol–water partition coefficient (Wildman–Crippen LogP) is 2.54. The van der Waals surface area contributed by atoms with Gasteiger partial charge < -0.3 is 4.74 Å². The van der Waals surface area contributed by atoms with Gasteiger partial charge in [-0.3, -0.25) is 4.79 Å². The molecule has 1 unspecified atom stereocenters. The van der Waals surface area contributed by atoms with Gasteiger partial charge in [-0.15, -0.1) is 0 Å². The highest BCUT2D eigenvalue weighted by Crippen LogP contribution is 2.18. The van der Waals surface area contributed by atoms with Gasteiger partial charge in [-0.25, -0.2) is 4.39 Å². The summed E-state index contributed by atoms with van der Waals surface area (Å²) in [6, 6.07) is 4.99. The van der Waals surface area contributed by atoms with Crippen molar-refractivity contribution in [2.75, 3.05) is 7.11 Å². The Labute approximate surface area is 82.7 Å². The smallest absolute Gasteiger partial charge is 0.196 e. The lowest BCUT2D eigenvalue weighted by Gasteiger charge is -2.06. The van der Waals surface area contributed by atoms with Crippen LogP contribution in [0.15, 0.2) is 18.2 Å². The van der Waals surface area contributed by atoms with E-state index in [1.165, 1.54) is 14.0 Å². The molecule has 0 bridgehead atoms. The number of Topliss-reactive ketones (excluding diaryl/α,β-unsaturated/α-hetero) is 1. The maximum atomic E-state index is 12.8. The minimum atomic E-state index is -1.47. The first-order valence-electron chi connectivity index (χ1n) is 4.38. The molecule has 0 aliphatic carbocycles. The Kier molecular flexibility index (Phi) is 3.23. The summed E-state index contributed by atoms with van der Waals surface area (Å²) in [5, 5.41) is 0. The molecule has 2 nitrogen and oxygen atoms in total. The lowest BCUT2D eigenvalue weighted by molar-refractivity contribution is 0.0892. The van der Waals surface area contributed by atoms with Crippen molar-refractivity contribution in [1.29, 1.82) is 0 Å². The Bertz CT molecular complexity index is 345. The molecule has 1 aromatic carbocycles. The van der Waals surface area contributed by atoms with Crippen molar-refractivity contribution >= 4 is 5.78 Å². The average molecular weight is 196 g/mol. The summed E-state index contributed by atoms with van der Waals surface area (Å²) >= 11 is 0. The van der Waals surface area contributed by atoms with Gasteiger partial charge in [0.15, 0.2) is 12.0 Å². The molecule has 76 valence electrons. The number of halogens is 1. The van der Waals surface area contributed by atoms with Crippen LogP contribution < -0.4 is 4.74 Å². The van der Waals surface area contributed by atoms with Crippen LogP contribution in [0.1, 0.15) is 22.8 Å². The second kappa shape index (κ2) is 4.22. The zero-order valence-electron chi connectivity index (χ0n) is 8.50. The van der Waals surface area contributed by atoms with E-state index in [1.54, 1.807) is 18.2 Å². The third kappa shape index (κ3) is 2.31. The Balaban J connectivity index is 3.09. The summed E-state index contributed by atoms with van der Waals surface area (Å²) in [4.78, 5) is 11.3. The molecular formula is C11H13FO2. The zero-order valence-corrected chi connectivity index (χ0v) is 8.50. The molecule has 0 aliphatic rings. The van der Waals surface area contributed by atoms with Crippen molar-refractivity contribution in [3.8, 4) is 5.75 Å². The minimum absolute atomic E-state index is 0.358. The third-order valence-corrected chi connectivity index (χ3v) is 1.93. The molecule has 14 heavy (non-hydrogen) atoms. The number of aryl methyl sites for hydroxylation is 1. The van der Waals surface area contributed by atoms with Crippen LogP contribution in [0.2, 0.25) is 0 Å². The maximum absolute atomic E-state index is 12.8. The molecule has 0 amide bonds. The Morgan fingerprint density at radius 2 is 2.07 bits per heavy atom. The van der Waals surface area contributed by atoms with E-state index in [2.05, 4.69) is 0 Å². The predicted molar refractivity (Wildman–Crippen MR) is 52.6 cm³/mol. The van der Waals surface area contributed by atoms with E-state index < -0.39 is 12.0 Å². The second-order valence-corrected chi connectivity index (χ2v) is 3.22. The van der Waals surface area contributed by atoms with Gasteiger partial charge in [-0.2, -0.15) is 0 Å². The van der Waals surface area contributed by atoms with Crippen molar-refractivity contribution in [1.82, 2.24) is 0 Å². The second-order valence-electron chi connectivity index (χ2n) is 3.22. The number of carbonyl (C=O) groups excluding carboxylic acids is 1. The van der Waals surface area contributed by atoms with Crippen LogP contribution in [-0.2, 0) is 0 Å². The van der Waals surface area contributed by atoms with E-state index in [9.17, 15) is 9.18 Å². The van der Waals surface area contributed by atoms with Gasteiger partial charge >= 0.3 is 0 Å². The average Bonchev–Trinajstić information content (AvgIpc) is 2.15. The normalized spacial score (nSPS) is 12.3.